The van der Waals surface area contributed by atoms with Crippen molar-refractivity contribution in [1.29, 1.82) is 0 Å². The predicted octanol–water partition coefficient (Wildman–Crippen LogP) is 3.41. The second-order valence-corrected chi connectivity index (χ2v) is 8.64. The van der Waals surface area contributed by atoms with E-state index in [0.717, 1.165) is 0 Å². The monoisotopic (exact) mass is 459 g/mol. The number of methoxy groups -OCH3 is 1. The van der Waals surface area contributed by atoms with Gasteiger partial charge in [-0.05, 0) is 50.8 Å². The Balaban J connectivity index is 2.02. The highest BCUT2D eigenvalue weighted by atomic mass is 19.1. The van der Waals surface area contributed by atoms with Gasteiger partial charge in [-0.25, -0.2) is 9.18 Å². The maximum Gasteiger partial charge on any atom is 0.336 e. The summed E-state index contributed by atoms with van der Waals surface area (Å²) in [5.41, 5.74) is 2.32. The predicted molar refractivity (Wildman–Crippen MR) is 118 cm³/mol. The van der Waals surface area contributed by atoms with Crippen LogP contribution in [0.1, 0.15) is 45.6 Å². The van der Waals surface area contributed by atoms with E-state index in [4.69, 9.17) is 14.2 Å². The molecule has 0 saturated carbocycles. The maximum atomic E-state index is 13.7. The summed E-state index contributed by atoms with van der Waals surface area (Å²) < 4.78 is 29.4. The molecule has 1 aliphatic heterocycles. The number of carbonyl (C=O) groups excluding carboxylic acids is 3. The van der Waals surface area contributed by atoms with Crippen molar-refractivity contribution in [2.24, 2.45) is 11.8 Å². The summed E-state index contributed by atoms with van der Waals surface area (Å²) in [6, 6.07) is 5.63. The summed E-state index contributed by atoms with van der Waals surface area (Å²) in [4.78, 5) is 39.1. The summed E-state index contributed by atoms with van der Waals surface area (Å²) in [6.07, 6.45) is 0.429. The van der Waals surface area contributed by atoms with Crippen molar-refractivity contribution >= 4 is 17.7 Å². The van der Waals surface area contributed by atoms with E-state index in [-0.39, 0.29) is 30.8 Å². The quantitative estimate of drug-likeness (QED) is 0.380. The number of ether oxygens (including phenoxy) is 3. The Kier molecular flexibility index (Phi) is 7.68. The van der Waals surface area contributed by atoms with E-state index in [9.17, 15) is 18.8 Å². The van der Waals surface area contributed by atoms with E-state index in [0.29, 0.717) is 29.0 Å². The number of rotatable bonds is 7. The lowest BCUT2D eigenvalue weighted by Crippen LogP contribution is -2.43. The zero-order chi connectivity index (χ0) is 24.3. The van der Waals surface area contributed by atoms with Crippen molar-refractivity contribution in [2.45, 2.75) is 46.1 Å². The van der Waals surface area contributed by atoms with Crippen LogP contribution in [0.3, 0.4) is 0 Å². The highest BCUT2D eigenvalue weighted by Crippen LogP contribution is 2.45. The Morgan fingerprint density at radius 2 is 1.85 bits per heavy atom. The maximum absolute atomic E-state index is 13.7. The lowest BCUT2D eigenvalue weighted by Gasteiger charge is -2.38. The Morgan fingerprint density at radius 3 is 2.45 bits per heavy atom. The molecule has 0 spiro atoms. The van der Waals surface area contributed by atoms with Gasteiger partial charge in [-0.2, -0.15) is 0 Å². The molecule has 0 radical (unpaired) electrons. The van der Waals surface area contributed by atoms with Crippen LogP contribution in [0.2, 0.25) is 0 Å². The summed E-state index contributed by atoms with van der Waals surface area (Å²) in [7, 11) is 1.24. The number of dihydropyridines is 1. The average molecular weight is 460 g/mol. The Labute approximate surface area is 193 Å². The van der Waals surface area contributed by atoms with Gasteiger partial charge in [-0.3, -0.25) is 9.59 Å². The van der Waals surface area contributed by atoms with Crippen molar-refractivity contribution in [2.75, 3.05) is 20.3 Å². The van der Waals surface area contributed by atoms with Crippen LogP contribution in [-0.2, 0) is 28.6 Å². The molecule has 1 aromatic rings. The first-order valence-electron chi connectivity index (χ1n) is 11.0. The highest BCUT2D eigenvalue weighted by Gasteiger charge is 2.47. The standard InChI is InChI=1S/C25H30FNO6/c1-13(2)32-10-11-33-25(30)20-15(4)27-18-12-14(3)19(24(29)31-5)23(28)22(18)21(20)16-6-8-17(26)9-7-16/h6-9,13-14,19,21,27H,10-12H2,1-5H3/t14-,19+,21-/m0/s1. The number of allylic oxidation sites excluding steroid dienone is 3. The lowest BCUT2D eigenvalue weighted by atomic mass is 9.69. The number of Topliss-reactive ketones (excluding diaryl/α,β-unsaturated/α-hetero) is 1. The second kappa shape index (κ2) is 10.3. The number of carbonyl (C=O) groups is 3. The number of esters is 2. The third-order valence-corrected chi connectivity index (χ3v) is 5.93. The first-order chi connectivity index (χ1) is 15.6. The third kappa shape index (κ3) is 5.16. The topological polar surface area (TPSA) is 90.9 Å². The number of halogens is 1. The number of ketones is 1. The molecule has 0 bridgehead atoms. The number of benzene rings is 1. The van der Waals surface area contributed by atoms with Gasteiger partial charge >= 0.3 is 11.9 Å². The molecule has 0 amide bonds. The fourth-order valence-electron chi connectivity index (χ4n) is 4.44. The molecule has 1 aliphatic carbocycles. The van der Waals surface area contributed by atoms with E-state index in [2.05, 4.69) is 5.32 Å². The summed E-state index contributed by atoms with van der Waals surface area (Å²) in [5, 5.41) is 3.19. The lowest BCUT2D eigenvalue weighted by molar-refractivity contribution is -0.151. The second-order valence-electron chi connectivity index (χ2n) is 8.64. The van der Waals surface area contributed by atoms with Crippen molar-refractivity contribution in [3.8, 4) is 0 Å². The summed E-state index contributed by atoms with van der Waals surface area (Å²) >= 11 is 0. The van der Waals surface area contributed by atoms with Gasteiger partial charge in [0.15, 0.2) is 5.78 Å². The normalized spacial score (nSPS) is 22.8. The van der Waals surface area contributed by atoms with Gasteiger partial charge in [-0.15, -0.1) is 0 Å². The molecule has 1 aromatic carbocycles. The number of nitrogens with one attached hydrogen (secondary N) is 1. The van der Waals surface area contributed by atoms with Crippen LogP contribution < -0.4 is 5.32 Å². The fraction of sp³-hybridized carbons (Fsp3) is 0.480. The molecule has 0 saturated heterocycles. The van der Waals surface area contributed by atoms with Crippen molar-refractivity contribution in [1.82, 2.24) is 5.32 Å². The van der Waals surface area contributed by atoms with Gasteiger partial charge in [0, 0.05) is 22.9 Å². The molecule has 178 valence electrons. The van der Waals surface area contributed by atoms with Crippen LogP contribution in [0.4, 0.5) is 4.39 Å². The van der Waals surface area contributed by atoms with Gasteiger partial charge in [0.05, 0.1) is 25.4 Å². The minimum atomic E-state index is -0.978. The van der Waals surface area contributed by atoms with E-state index < -0.39 is 35.4 Å². The SMILES string of the molecule is COC(=O)[C@H]1C(=O)C2=C(C[C@@H]1C)NC(C)=C(C(=O)OCCOC(C)C)[C@@H]2c1ccc(F)cc1. The van der Waals surface area contributed by atoms with Crippen LogP contribution >= 0.6 is 0 Å². The molecular weight excluding hydrogens is 429 g/mol. The zero-order valence-electron chi connectivity index (χ0n) is 19.6. The largest absolute Gasteiger partial charge is 0.468 e. The van der Waals surface area contributed by atoms with E-state index in [1.807, 2.05) is 20.8 Å². The van der Waals surface area contributed by atoms with Crippen LogP contribution in [0.15, 0.2) is 46.8 Å². The number of hydrogen-bond donors (Lipinski definition) is 1. The van der Waals surface area contributed by atoms with Gasteiger partial charge < -0.3 is 19.5 Å². The van der Waals surface area contributed by atoms with Gasteiger partial charge in [0.1, 0.15) is 18.3 Å². The van der Waals surface area contributed by atoms with Crippen molar-refractivity contribution < 1.29 is 33.0 Å². The molecule has 7 nitrogen and oxygen atoms in total. The van der Waals surface area contributed by atoms with Crippen molar-refractivity contribution in [3.05, 3.63) is 58.2 Å². The molecule has 1 heterocycles. The van der Waals surface area contributed by atoms with Crippen LogP contribution in [0, 0.1) is 17.7 Å². The molecule has 0 fully saturated rings. The molecule has 2 aliphatic rings. The van der Waals surface area contributed by atoms with Crippen LogP contribution in [0.25, 0.3) is 0 Å². The molecule has 3 atom stereocenters. The average Bonchev–Trinajstić information content (AvgIpc) is 2.75. The smallest absolute Gasteiger partial charge is 0.336 e. The minimum absolute atomic E-state index is 0.00205. The zero-order valence-corrected chi connectivity index (χ0v) is 19.6. The first kappa shape index (κ1) is 24.6. The van der Waals surface area contributed by atoms with Crippen molar-refractivity contribution in [3.63, 3.8) is 0 Å². The molecule has 1 N–H and O–H groups in total. The number of hydrogen-bond acceptors (Lipinski definition) is 7. The fourth-order valence-corrected chi connectivity index (χ4v) is 4.44. The molecular formula is C25H30FNO6. The third-order valence-electron chi connectivity index (χ3n) is 5.93. The Bertz CT molecular complexity index is 995. The summed E-state index contributed by atoms with van der Waals surface area (Å²) in [5.74, 6) is -4.11. The van der Waals surface area contributed by atoms with Gasteiger partial charge in [0.25, 0.3) is 0 Å². The van der Waals surface area contributed by atoms with Crippen LogP contribution in [0.5, 0.6) is 0 Å². The molecule has 0 unspecified atom stereocenters. The van der Waals surface area contributed by atoms with E-state index >= 15 is 0 Å². The highest BCUT2D eigenvalue weighted by molar-refractivity contribution is 6.12. The Morgan fingerprint density at radius 1 is 1.18 bits per heavy atom. The Hall–Kier alpha value is -3.00. The van der Waals surface area contributed by atoms with Gasteiger partial charge in [-0.1, -0.05) is 19.1 Å². The molecule has 33 heavy (non-hydrogen) atoms. The van der Waals surface area contributed by atoms with Crippen LogP contribution in [-0.4, -0.2) is 44.1 Å². The molecule has 3 rings (SSSR count). The summed E-state index contributed by atoms with van der Waals surface area (Å²) in [6.45, 7) is 7.60. The van der Waals surface area contributed by atoms with E-state index in [1.54, 1.807) is 6.92 Å². The van der Waals surface area contributed by atoms with Gasteiger partial charge in [0.2, 0.25) is 0 Å². The molecule has 0 aromatic heterocycles. The first-order valence-corrected chi connectivity index (χ1v) is 11.0. The molecule has 8 heteroatoms. The van der Waals surface area contributed by atoms with E-state index in [1.165, 1.54) is 31.4 Å². The minimum Gasteiger partial charge on any atom is -0.468 e.